The molecule has 6 aromatic rings. The van der Waals surface area contributed by atoms with Crippen molar-refractivity contribution in [3.63, 3.8) is 0 Å². The summed E-state index contributed by atoms with van der Waals surface area (Å²) in [5, 5.41) is 0.841. The quantitative estimate of drug-likeness (QED) is 0.169. The molecule has 4 nitrogen and oxygen atoms in total. The largest absolute Gasteiger partial charge is 0.457 e. The lowest BCUT2D eigenvalue weighted by molar-refractivity contribution is 0.482. The maximum Gasteiger partial charge on any atom is 0.207 e. The van der Waals surface area contributed by atoms with E-state index in [1.54, 1.807) is 48.5 Å². The summed E-state index contributed by atoms with van der Waals surface area (Å²) in [4.78, 5) is 0.252. The van der Waals surface area contributed by atoms with Crippen molar-refractivity contribution in [2.75, 3.05) is 0 Å². The van der Waals surface area contributed by atoms with Crippen LogP contribution in [0.25, 0.3) is 22.3 Å². The number of ether oxygens (including phenoxy) is 2. The molecule has 7 heteroatoms. The standard InChI is InChI=1S/C36H24Cl2O4S/c37-27-15-21-35(33(23-27)25-11-17-31(18-12-25)41-29-7-3-1-4-8-29)43(39,40)36-22-16-28(38)24-34(36)26-13-19-32(20-14-26)42-30-9-5-2-6-10-30/h1-24H. The molecule has 0 atom stereocenters. The zero-order chi connectivity index (χ0) is 29.8. The van der Waals surface area contributed by atoms with Crippen LogP contribution in [-0.2, 0) is 9.84 Å². The Kier molecular flexibility index (Phi) is 8.21. The molecule has 0 fully saturated rings. The molecule has 212 valence electrons. The minimum atomic E-state index is -4.03. The van der Waals surface area contributed by atoms with Crippen LogP contribution in [0.2, 0.25) is 10.0 Å². The number of halogens is 2. The number of hydrogen-bond acceptors (Lipinski definition) is 4. The first-order valence-corrected chi connectivity index (χ1v) is 15.6. The van der Waals surface area contributed by atoms with Crippen LogP contribution in [-0.4, -0.2) is 8.42 Å². The lowest BCUT2D eigenvalue weighted by Gasteiger charge is -2.16. The SMILES string of the molecule is O=S(=O)(c1ccc(Cl)cc1-c1ccc(Oc2ccccc2)cc1)c1ccc(Cl)cc1-c1ccc(Oc2ccccc2)cc1. The van der Waals surface area contributed by atoms with Gasteiger partial charge in [-0.3, -0.25) is 0 Å². The highest BCUT2D eigenvalue weighted by molar-refractivity contribution is 7.91. The van der Waals surface area contributed by atoms with Crippen molar-refractivity contribution in [2.45, 2.75) is 9.79 Å². The van der Waals surface area contributed by atoms with Crippen LogP contribution < -0.4 is 9.47 Å². The van der Waals surface area contributed by atoms with Crippen LogP contribution in [0.5, 0.6) is 23.0 Å². The van der Waals surface area contributed by atoms with Gasteiger partial charge >= 0.3 is 0 Å². The molecule has 6 aromatic carbocycles. The summed E-state index contributed by atoms with van der Waals surface area (Å²) in [6, 6.07) is 42.9. The van der Waals surface area contributed by atoms with E-state index >= 15 is 0 Å². The normalized spacial score (nSPS) is 11.2. The predicted molar refractivity (Wildman–Crippen MR) is 172 cm³/mol. The predicted octanol–water partition coefficient (Wildman–Crippen LogP) is 10.7. The maximum atomic E-state index is 14.3. The van der Waals surface area contributed by atoms with Gasteiger partial charge in [-0.15, -0.1) is 0 Å². The average Bonchev–Trinajstić information content (AvgIpc) is 3.02. The van der Waals surface area contributed by atoms with Gasteiger partial charge in [0.1, 0.15) is 23.0 Å². The van der Waals surface area contributed by atoms with Gasteiger partial charge < -0.3 is 9.47 Å². The summed E-state index contributed by atoms with van der Waals surface area (Å²) in [6.45, 7) is 0. The Balaban J connectivity index is 1.36. The second-order valence-electron chi connectivity index (χ2n) is 9.66. The minimum Gasteiger partial charge on any atom is -0.457 e. The topological polar surface area (TPSA) is 52.6 Å². The number of rotatable bonds is 8. The molecule has 0 aliphatic heterocycles. The Morgan fingerprint density at radius 2 is 0.767 bits per heavy atom. The Hall–Kier alpha value is -4.55. The first kappa shape index (κ1) is 28.6. The summed E-state index contributed by atoms with van der Waals surface area (Å²) in [6.07, 6.45) is 0. The third-order valence-corrected chi connectivity index (χ3v) is 9.09. The van der Waals surface area contributed by atoms with Gasteiger partial charge in [0.2, 0.25) is 9.84 Å². The van der Waals surface area contributed by atoms with Crippen molar-refractivity contribution in [3.05, 3.63) is 156 Å². The van der Waals surface area contributed by atoms with Gasteiger partial charge in [-0.25, -0.2) is 8.42 Å². The van der Waals surface area contributed by atoms with Gasteiger partial charge in [0, 0.05) is 21.2 Å². The highest BCUT2D eigenvalue weighted by Gasteiger charge is 2.26. The fraction of sp³-hybridized carbons (Fsp3) is 0. The zero-order valence-electron chi connectivity index (χ0n) is 22.7. The van der Waals surface area contributed by atoms with E-state index in [2.05, 4.69) is 0 Å². The van der Waals surface area contributed by atoms with Gasteiger partial charge in [0.05, 0.1) is 9.79 Å². The molecular weight excluding hydrogens is 599 g/mol. The Morgan fingerprint density at radius 3 is 1.14 bits per heavy atom. The van der Waals surface area contributed by atoms with E-state index in [0.29, 0.717) is 55.3 Å². The van der Waals surface area contributed by atoms with Crippen molar-refractivity contribution in [1.82, 2.24) is 0 Å². The summed E-state index contributed by atoms with van der Waals surface area (Å²) in [5.74, 6) is 2.66. The fourth-order valence-corrected chi connectivity index (χ4v) is 6.71. The Labute approximate surface area is 260 Å². The third kappa shape index (κ3) is 6.45. The van der Waals surface area contributed by atoms with Gasteiger partial charge in [-0.2, -0.15) is 0 Å². The molecule has 0 aliphatic carbocycles. The van der Waals surface area contributed by atoms with E-state index in [-0.39, 0.29) is 9.79 Å². The van der Waals surface area contributed by atoms with Crippen LogP contribution >= 0.6 is 23.2 Å². The second-order valence-corrected chi connectivity index (χ2v) is 12.4. The highest BCUT2D eigenvalue weighted by atomic mass is 35.5. The molecule has 0 heterocycles. The molecule has 0 N–H and O–H groups in total. The molecule has 0 aromatic heterocycles. The monoisotopic (exact) mass is 622 g/mol. The van der Waals surface area contributed by atoms with Crippen LogP contribution in [0, 0.1) is 0 Å². The van der Waals surface area contributed by atoms with E-state index in [9.17, 15) is 8.42 Å². The summed E-state index contributed by atoms with van der Waals surface area (Å²) >= 11 is 12.7. The molecule has 43 heavy (non-hydrogen) atoms. The van der Waals surface area contributed by atoms with E-state index in [0.717, 1.165) is 0 Å². The molecule has 6 rings (SSSR count). The van der Waals surface area contributed by atoms with Crippen molar-refractivity contribution in [2.24, 2.45) is 0 Å². The van der Waals surface area contributed by atoms with Crippen molar-refractivity contribution < 1.29 is 17.9 Å². The van der Waals surface area contributed by atoms with Crippen LogP contribution in [0.1, 0.15) is 0 Å². The first-order valence-electron chi connectivity index (χ1n) is 13.4. The second kappa shape index (κ2) is 12.4. The number of para-hydroxylation sites is 2. The van der Waals surface area contributed by atoms with E-state index < -0.39 is 9.84 Å². The van der Waals surface area contributed by atoms with Gasteiger partial charge in [-0.1, -0.05) is 83.9 Å². The minimum absolute atomic E-state index is 0.126. The molecule has 0 bridgehead atoms. The number of hydrogen-bond donors (Lipinski definition) is 0. The average molecular weight is 624 g/mol. The van der Waals surface area contributed by atoms with Crippen LogP contribution in [0.4, 0.5) is 0 Å². The lowest BCUT2D eigenvalue weighted by Crippen LogP contribution is -2.06. The molecule has 0 saturated carbocycles. The van der Waals surface area contributed by atoms with Crippen molar-refractivity contribution in [3.8, 4) is 45.3 Å². The zero-order valence-corrected chi connectivity index (χ0v) is 25.0. The first-order chi connectivity index (χ1) is 20.9. The van der Waals surface area contributed by atoms with E-state index in [1.165, 1.54) is 12.1 Å². The van der Waals surface area contributed by atoms with Gasteiger partial charge in [0.25, 0.3) is 0 Å². The van der Waals surface area contributed by atoms with Crippen molar-refractivity contribution in [1.29, 1.82) is 0 Å². The third-order valence-electron chi connectivity index (χ3n) is 6.75. The molecule has 0 amide bonds. The maximum absolute atomic E-state index is 14.3. The van der Waals surface area contributed by atoms with Gasteiger partial charge in [0.15, 0.2) is 0 Å². The van der Waals surface area contributed by atoms with E-state index in [4.69, 9.17) is 32.7 Å². The highest BCUT2D eigenvalue weighted by Crippen LogP contribution is 2.39. The number of sulfone groups is 1. The Bertz CT molecular complexity index is 1840. The fourth-order valence-electron chi connectivity index (χ4n) is 4.70. The number of benzene rings is 6. The summed E-state index contributed by atoms with van der Waals surface area (Å²) in [7, 11) is -4.03. The van der Waals surface area contributed by atoms with Crippen molar-refractivity contribution >= 4 is 33.0 Å². The lowest BCUT2D eigenvalue weighted by atomic mass is 10.1. The van der Waals surface area contributed by atoms with Crippen LogP contribution in [0.3, 0.4) is 0 Å². The summed E-state index contributed by atoms with van der Waals surface area (Å²) in [5.41, 5.74) is 2.32. The smallest absolute Gasteiger partial charge is 0.207 e. The molecule has 0 spiro atoms. The van der Waals surface area contributed by atoms with E-state index in [1.807, 2.05) is 84.9 Å². The molecule has 0 unspecified atom stereocenters. The molecular formula is C36H24Cl2O4S. The van der Waals surface area contributed by atoms with Crippen LogP contribution in [0.15, 0.2) is 155 Å². The summed E-state index contributed by atoms with van der Waals surface area (Å²) < 4.78 is 40.5. The Morgan fingerprint density at radius 1 is 0.419 bits per heavy atom. The molecule has 0 radical (unpaired) electrons. The van der Waals surface area contributed by atoms with Gasteiger partial charge in [-0.05, 0) is 96.1 Å². The molecule has 0 aliphatic rings. The molecule has 0 saturated heterocycles.